The molecule has 0 aliphatic rings. The minimum Gasteiger partial charge on any atom is -0.342 e. The second-order valence-electron chi connectivity index (χ2n) is 4.40. The van der Waals surface area contributed by atoms with Gasteiger partial charge in [0.05, 0.1) is 0 Å². The van der Waals surface area contributed by atoms with E-state index in [0.29, 0.717) is 5.56 Å². The molecule has 0 N–H and O–H groups in total. The molecular formula is C10H14O4S2. The highest BCUT2D eigenvalue weighted by atomic mass is 32.3. The second kappa shape index (κ2) is 4.18. The lowest BCUT2D eigenvalue weighted by atomic mass is 9.89. The van der Waals surface area contributed by atoms with E-state index in [9.17, 15) is 13.2 Å². The maximum Gasteiger partial charge on any atom is 0.351 e. The van der Waals surface area contributed by atoms with Gasteiger partial charge in [-0.3, -0.25) is 4.79 Å². The quantitative estimate of drug-likeness (QED) is 0.767. The van der Waals surface area contributed by atoms with E-state index in [-0.39, 0.29) is 9.62 Å². The van der Waals surface area contributed by atoms with E-state index in [1.807, 2.05) is 20.8 Å². The van der Waals surface area contributed by atoms with Crippen LogP contribution in [0.3, 0.4) is 0 Å². The molecule has 1 aromatic heterocycles. The van der Waals surface area contributed by atoms with Gasteiger partial charge in [0.2, 0.25) is 0 Å². The zero-order chi connectivity index (χ0) is 12.6. The largest absolute Gasteiger partial charge is 0.351 e. The molecule has 90 valence electrons. The van der Waals surface area contributed by atoms with Gasteiger partial charge in [-0.15, -0.1) is 11.3 Å². The fourth-order valence-electron chi connectivity index (χ4n) is 1.24. The van der Waals surface area contributed by atoms with Gasteiger partial charge in [0.15, 0.2) is 4.21 Å². The Morgan fingerprint density at radius 2 is 1.94 bits per heavy atom. The molecule has 0 unspecified atom stereocenters. The van der Waals surface area contributed by atoms with Crippen LogP contribution >= 0.6 is 11.3 Å². The molecule has 0 aromatic carbocycles. The number of hydrogen-bond donors (Lipinski definition) is 0. The van der Waals surface area contributed by atoms with E-state index < -0.39 is 16.1 Å². The summed E-state index contributed by atoms with van der Waals surface area (Å²) in [4.78, 5) is 10.7. The summed E-state index contributed by atoms with van der Waals surface area (Å²) in [5, 5.41) is 1.68. The molecule has 0 radical (unpaired) electrons. The van der Waals surface area contributed by atoms with E-state index in [4.69, 9.17) is 0 Å². The molecule has 0 saturated carbocycles. The SMILES string of the molecule is CC(=O)OS(=O)(=O)c1sccc1C(C)(C)C. The summed E-state index contributed by atoms with van der Waals surface area (Å²) in [6.45, 7) is 6.79. The van der Waals surface area contributed by atoms with Crippen LogP contribution in [0.5, 0.6) is 0 Å². The molecule has 0 fully saturated rings. The lowest BCUT2D eigenvalue weighted by Crippen LogP contribution is -2.17. The Morgan fingerprint density at radius 1 is 1.38 bits per heavy atom. The van der Waals surface area contributed by atoms with Gasteiger partial charge in [-0.05, 0) is 22.4 Å². The second-order valence-corrected chi connectivity index (χ2v) is 7.06. The fraction of sp³-hybridized carbons (Fsp3) is 0.500. The molecule has 6 heteroatoms. The molecule has 0 aliphatic heterocycles. The number of thiophene rings is 1. The molecule has 0 atom stereocenters. The Bertz CT molecular complexity index is 491. The molecule has 0 bridgehead atoms. The summed E-state index contributed by atoms with van der Waals surface area (Å²) in [6.07, 6.45) is 0. The lowest BCUT2D eigenvalue weighted by Gasteiger charge is -2.18. The predicted molar refractivity (Wildman–Crippen MR) is 62.0 cm³/mol. The van der Waals surface area contributed by atoms with Crippen LogP contribution in [0.1, 0.15) is 33.3 Å². The zero-order valence-electron chi connectivity index (χ0n) is 9.60. The van der Waals surface area contributed by atoms with Crippen LogP contribution in [-0.4, -0.2) is 14.4 Å². The predicted octanol–water partition coefficient (Wildman–Crippen LogP) is 2.30. The molecule has 0 saturated heterocycles. The van der Waals surface area contributed by atoms with Gasteiger partial charge in [-0.2, -0.15) is 8.42 Å². The maximum absolute atomic E-state index is 11.7. The monoisotopic (exact) mass is 262 g/mol. The third-order valence-corrected chi connectivity index (χ3v) is 4.63. The molecule has 16 heavy (non-hydrogen) atoms. The van der Waals surface area contributed by atoms with Crippen molar-refractivity contribution in [1.29, 1.82) is 0 Å². The van der Waals surface area contributed by atoms with Crippen LogP contribution < -0.4 is 0 Å². The molecular weight excluding hydrogens is 248 g/mol. The van der Waals surface area contributed by atoms with E-state index in [0.717, 1.165) is 18.3 Å². The molecule has 0 amide bonds. The zero-order valence-corrected chi connectivity index (χ0v) is 11.2. The Morgan fingerprint density at radius 3 is 2.38 bits per heavy atom. The number of hydrogen-bond acceptors (Lipinski definition) is 5. The summed E-state index contributed by atoms with van der Waals surface area (Å²) in [6, 6.07) is 1.74. The van der Waals surface area contributed by atoms with Crippen LogP contribution in [0.15, 0.2) is 15.7 Å². The van der Waals surface area contributed by atoms with E-state index in [1.165, 1.54) is 0 Å². The fourth-order valence-corrected chi connectivity index (χ4v) is 3.83. The first-order chi connectivity index (χ1) is 7.14. The number of rotatable bonds is 2. The average Bonchev–Trinajstić information content (AvgIpc) is 2.46. The highest BCUT2D eigenvalue weighted by Crippen LogP contribution is 2.33. The Labute approximate surface area is 99.4 Å². The first-order valence-electron chi connectivity index (χ1n) is 4.67. The molecule has 0 aliphatic carbocycles. The van der Waals surface area contributed by atoms with E-state index >= 15 is 0 Å². The Balaban J connectivity index is 3.25. The van der Waals surface area contributed by atoms with E-state index in [2.05, 4.69) is 4.18 Å². The number of carbonyl (C=O) groups is 1. The third kappa shape index (κ3) is 2.82. The summed E-state index contributed by atoms with van der Waals surface area (Å²) >= 11 is 1.06. The van der Waals surface area contributed by atoms with Crippen molar-refractivity contribution in [2.75, 3.05) is 0 Å². The summed E-state index contributed by atoms with van der Waals surface area (Å²) in [5.74, 6) is -0.826. The summed E-state index contributed by atoms with van der Waals surface area (Å²) < 4.78 is 27.9. The average molecular weight is 262 g/mol. The first-order valence-corrected chi connectivity index (χ1v) is 6.96. The smallest absolute Gasteiger partial charge is 0.342 e. The minimum atomic E-state index is -3.96. The van der Waals surface area contributed by atoms with Gasteiger partial charge in [0, 0.05) is 6.92 Å². The maximum atomic E-state index is 11.7. The molecule has 1 aromatic rings. The van der Waals surface area contributed by atoms with Gasteiger partial charge in [0.1, 0.15) is 0 Å². The van der Waals surface area contributed by atoms with Crippen molar-refractivity contribution in [2.24, 2.45) is 0 Å². The van der Waals surface area contributed by atoms with Crippen molar-refractivity contribution < 1.29 is 17.4 Å². The molecule has 1 rings (SSSR count). The van der Waals surface area contributed by atoms with Crippen molar-refractivity contribution in [3.05, 3.63) is 17.0 Å². The van der Waals surface area contributed by atoms with Crippen molar-refractivity contribution in [1.82, 2.24) is 0 Å². The van der Waals surface area contributed by atoms with Crippen LogP contribution in [0.2, 0.25) is 0 Å². The topological polar surface area (TPSA) is 60.4 Å². The Hall–Kier alpha value is -0.880. The van der Waals surface area contributed by atoms with Crippen molar-refractivity contribution >= 4 is 27.4 Å². The van der Waals surface area contributed by atoms with Crippen LogP contribution in [0.25, 0.3) is 0 Å². The normalized spacial score (nSPS) is 12.5. The third-order valence-electron chi connectivity index (χ3n) is 1.89. The van der Waals surface area contributed by atoms with Crippen molar-refractivity contribution in [2.45, 2.75) is 37.3 Å². The van der Waals surface area contributed by atoms with Gasteiger partial charge in [-0.1, -0.05) is 20.8 Å². The van der Waals surface area contributed by atoms with Crippen molar-refractivity contribution in [3.63, 3.8) is 0 Å². The van der Waals surface area contributed by atoms with Crippen LogP contribution in [0, 0.1) is 0 Å². The molecule has 4 nitrogen and oxygen atoms in total. The molecule has 0 spiro atoms. The van der Waals surface area contributed by atoms with Gasteiger partial charge in [-0.25, -0.2) is 0 Å². The Kier molecular flexibility index (Phi) is 3.44. The first kappa shape index (κ1) is 13.2. The summed E-state index contributed by atoms with van der Waals surface area (Å²) in [7, 11) is -3.96. The highest BCUT2D eigenvalue weighted by molar-refractivity contribution is 7.89. The highest BCUT2D eigenvalue weighted by Gasteiger charge is 2.29. The van der Waals surface area contributed by atoms with Gasteiger partial charge < -0.3 is 4.18 Å². The van der Waals surface area contributed by atoms with Crippen LogP contribution in [0.4, 0.5) is 0 Å². The van der Waals surface area contributed by atoms with E-state index in [1.54, 1.807) is 11.4 Å². The summed E-state index contributed by atoms with van der Waals surface area (Å²) in [5.41, 5.74) is 0.362. The standard InChI is InChI=1S/C10H14O4S2/c1-7(11)14-16(12,13)9-8(5-6-15-9)10(2,3)4/h5-6H,1-4H3. The van der Waals surface area contributed by atoms with Gasteiger partial charge >= 0.3 is 16.1 Å². The minimum absolute atomic E-state index is 0.107. The van der Waals surface area contributed by atoms with Crippen molar-refractivity contribution in [3.8, 4) is 0 Å². The van der Waals surface area contributed by atoms with Crippen LogP contribution in [-0.2, 0) is 24.5 Å². The number of carbonyl (C=O) groups excluding carboxylic acids is 1. The lowest BCUT2D eigenvalue weighted by molar-refractivity contribution is -0.131. The molecule has 1 heterocycles. The van der Waals surface area contributed by atoms with Gasteiger partial charge in [0.25, 0.3) is 0 Å².